The maximum absolute atomic E-state index is 11.0. The van der Waals surface area contributed by atoms with E-state index < -0.39 is 0 Å². The number of carbonyl (C=O) groups excluding carboxylic acids is 2. The van der Waals surface area contributed by atoms with Crippen LogP contribution in [0.3, 0.4) is 0 Å². The molecule has 138 valence electrons. The van der Waals surface area contributed by atoms with Crippen molar-refractivity contribution >= 4 is 29.1 Å². The molecule has 9 heteroatoms. The molecule has 2 aromatic heterocycles. The summed E-state index contributed by atoms with van der Waals surface area (Å²) in [6.07, 6.45) is 3.83. The van der Waals surface area contributed by atoms with Gasteiger partial charge in [0.25, 0.3) is 0 Å². The summed E-state index contributed by atoms with van der Waals surface area (Å²) in [7, 11) is 0. The number of esters is 2. The third kappa shape index (κ3) is 6.74. The molecule has 0 aliphatic rings. The Morgan fingerprint density at radius 3 is 2.32 bits per heavy atom. The fourth-order valence-corrected chi connectivity index (χ4v) is 2.04. The summed E-state index contributed by atoms with van der Waals surface area (Å²) >= 11 is 0. The fourth-order valence-electron chi connectivity index (χ4n) is 2.04. The largest absolute Gasteiger partial charge is 0.465 e. The van der Waals surface area contributed by atoms with Crippen LogP contribution in [-0.2, 0) is 25.6 Å². The lowest BCUT2D eigenvalue weighted by Gasteiger charge is -2.16. The Balaban J connectivity index is 0.00000151. The van der Waals surface area contributed by atoms with Gasteiger partial charge < -0.3 is 19.8 Å². The van der Waals surface area contributed by atoms with Crippen LogP contribution in [0.4, 0.5) is 5.95 Å². The van der Waals surface area contributed by atoms with Crippen molar-refractivity contribution < 1.29 is 19.1 Å². The highest BCUT2D eigenvalue weighted by Gasteiger charge is 2.14. The van der Waals surface area contributed by atoms with Crippen LogP contribution >= 0.6 is 0 Å². The van der Waals surface area contributed by atoms with E-state index in [1.54, 1.807) is 12.5 Å². The molecular weight excluding hydrogens is 326 g/mol. The molecular formula is C16H25N5O4. The molecule has 0 spiro atoms. The summed E-state index contributed by atoms with van der Waals surface area (Å²) in [4.78, 5) is 34.2. The zero-order valence-electron chi connectivity index (χ0n) is 15.1. The topological polar surface area (TPSA) is 122 Å². The Hall–Kier alpha value is -2.71. The number of ether oxygens (including phenoxy) is 2. The van der Waals surface area contributed by atoms with Crippen molar-refractivity contribution in [1.29, 1.82) is 0 Å². The number of fused-ring (bicyclic) bond motifs is 1. The number of aromatic nitrogens is 4. The Bertz CT molecular complexity index is 683. The minimum atomic E-state index is -0.369. The molecule has 0 amide bonds. The number of hydrogen-bond acceptors (Lipinski definition) is 8. The van der Waals surface area contributed by atoms with Gasteiger partial charge in [-0.15, -0.1) is 0 Å². The van der Waals surface area contributed by atoms with Crippen molar-refractivity contribution in [1.82, 2.24) is 19.5 Å². The van der Waals surface area contributed by atoms with Crippen LogP contribution in [0.2, 0.25) is 0 Å². The number of anilines is 1. The van der Waals surface area contributed by atoms with Crippen molar-refractivity contribution in [3.63, 3.8) is 0 Å². The quantitative estimate of drug-likeness (QED) is 0.746. The lowest BCUT2D eigenvalue weighted by Crippen LogP contribution is -2.21. The van der Waals surface area contributed by atoms with Crippen LogP contribution in [0.1, 0.15) is 34.1 Å². The van der Waals surface area contributed by atoms with Gasteiger partial charge in [-0.3, -0.25) is 9.59 Å². The summed E-state index contributed by atoms with van der Waals surface area (Å²) < 4.78 is 11.9. The lowest BCUT2D eigenvalue weighted by molar-refractivity contribution is -0.146. The van der Waals surface area contributed by atoms with Gasteiger partial charge in [-0.25, -0.2) is 9.97 Å². The Labute approximate surface area is 146 Å². The second kappa shape index (κ2) is 10.2. The van der Waals surface area contributed by atoms with Gasteiger partial charge in [-0.1, -0.05) is 13.8 Å². The molecule has 0 bridgehead atoms. The van der Waals surface area contributed by atoms with Gasteiger partial charge in [0.15, 0.2) is 5.65 Å². The highest BCUT2D eigenvalue weighted by atomic mass is 16.5. The number of nitrogen functional groups attached to an aromatic ring is 1. The van der Waals surface area contributed by atoms with Gasteiger partial charge in [0.2, 0.25) is 5.95 Å². The molecule has 0 aromatic carbocycles. The number of nitrogens with two attached hydrogens (primary N) is 1. The zero-order chi connectivity index (χ0) is 18.8. The fraction of sp³-hybridized carbons (Fsp3) is 0.562. The van der Waals surface area contributed by atoms with Crippen molar-refractivity contribution in [2.45, 2.75) is 40.7 Å². The lowest BCUT2D eigenvalue weighted by atomic mass is 10.1. The van der Waals surface area contributed by atoms with Gasteiger partial charge in [-0.05, 0) is 6.42 Å². The van der Waals surface area contributed by atoms with E-state index in [9.17, 15) is 9.59 Å². The molecule has 0 atom stereocenters. The average Bonchev–Trinajstić information content (AvgIpc) is 2.98. The van der Waals surface area contributed by atoms with Crippen LogP contribution in [0, 0.1) is 5.92 Å². The van der Waals surface area contributed by atoms with E-state index in [1.807, 2.05) is 18.4 Å². The van der Waals surface area contributed by atoms with E-state index in [4.69, 9.17) is 15.2 Å². The van der Waals surface area contributed by atoms with E-state index >= 15 is 0 Å². The first kappa shape index (κ1) is 20.3. The Morgan fingerprint density at radius 2 is 1.76 bits per heavy atom. The molecule has 0 radical (unpaired) electrons. The number of aryl methyl sites for hydroxylation is 1. The normalized spacial score (nSPS) is 10.3. The highest BCUT2D eigenvalue weighted by molar-refractivity contribution is 5.70. The molecule has 25 heavy (non-hydrogen) atoms. The van der Waals surface area contributed by atoms with Gasteiger partial charge >= 0.3 is 11.9 Å². The summed E-state index contributed by atoms with van der Waals surface area (Å²) in [6, 6.07) is 0. The van der Waals surface area contributed by atoms with Crippen LogP contribution < -0.4 is 5.73 Å². The molecule has 0 saturated carbocycles. The molecule has 2 heterocycles. The first-order valence-corrected chi connectivity index (χ1v) is 8.15. The molecule has 0 fully saturated rings. The molecule has 2 aromatic rings. The SMILES string of the molecule is CC.CC(=O)OCC(CCn1cnc2cnc(N)nc21)COC(C)=O. The predicted molar refractivity (Wildman–Crippen MR) is 92.5 cm³/mol. The minimum Gasteiger partial charge on any atom is -0.465 e. The van der Waals surface area contributed by atoms with Crippen molar-refractivity contribution in [2.75, 3.05) is 18.9 Å². The van der Waals surface area contributed by atoms with Gasteiger partial charge in [0.05, 0.1) is 25.7 Å². The molecule has 2 N–H and O–H groups in total. The van der Waals surface area contributed by atoms with E-state index in [2.05, 4.69) is 15.0 Å². The standard InChI is InChI=1S/C14H19N5O4.C2H6/c1-9(20)22-6-11(7-23-10(2)21)3-4-19-8-17-12-5-16-14(15)18-13(12)19;1-2/h5,8,11H,3-4,6-7H2,1-2H3,(H2,15,16,18);1-2H3. The zero-order valence-corrected chi connectivity index (χ0v) is 15.1. The maximum atomic E-state index is 11.0. The molecule has 9 nitrogen and oxygen atoms in total. The number of imidazole rings is 1. The molecule has 0 aliphatic carbocycles. The smallest absolute Gasteiger partial charge is 0.302 e. The predicted octanol–water partition coefficient (Wildman–Crippen LogP) is 1.57. The average molecular weight is 351 g/mol. The first-order valence-electron chi connectivity index (χ1n) is 8.15. The summed E-state index contributed by atoms with van der Waals surface area (Å²) in [5.74, 6) is -0.673. The Morgan fingerprint density at radius 1 is 1.16 bits per heavy atom. The second-order valence-electron chi connectivity index (χ2n) is 5.13. The molecule has 0 saturated heterocycles. The highest BCUT2D eigenvalue weighted by Crippen LogP contribution is 2.13. The molecule has 0 aliphatic heterocycles. The van der Waals surface area contributed by atoms with Crippen LogP contribution in [0.5, 0.6) is 0 Å². The summed E-state index contributed by atoms with van der Waals surface area (Å²) in [5.41, 5.74) is 6.88. The monoisotopic (exact) mass is 351 g/mol. The van der Waals surface area contributed by atoms with Gasteiger partial charge in [-0.2, -0.15) is 4.98 Å². The first-order chi connectivity index (χ1) is 12.0. The van der Waals surface area contributed by atoms with Crippen molar-refractivity contribution in [3.05, 3.63) is 12.5 Å². The van der Waals surface area contributed by atoms with Gasteiger partial charge in [0.1, 0.15) is 5.52 Å². The van der Waals surface area contributed by atoms with E-state index in [0.717, 1.165) is 0 Å². The van der Waals surface area contributed by atoms with E-state index in [-0.39, 0.29) is 37.0 Å². The number of hydrogen-bond donors (Lipinski definition) is 1. The van der Waals surface area contributed by atoms with Gasteiger partial charge in [0, 0.05) is 26.3 Å². The van der Waals surface area contributed by atoms with Crippen LogP contribution in [0.25, 0.3) is 11.2 Å². The molecule has 0 unspecified atom stereocenters. The number of rotatable bonds is 7. The molecule has 2 rings (SSSR count). The third-order valence-corrected chi connectivity index (χ3v) is 3.20. The maximum Gasteiger partial charge on any atom is 0.302 e. The van der Waals surface area contributed by atoms with E-state index in [1.165, 1.54) is 13.8 Å². The van der Waals surface area contributed by atoms with Crippen molar-refractivity contribution in [3.8, 4) is 0 Å². The van der Waals surface area contributed by atoms with Crippen molar-refractivity contribution in [2.24, 2.45) is 5.92 Å². The number of nitrogens with zero attached hydrogens (tertiary/aromatic N) is 4. The summed E-state index contributed by atoms with van der Waals surface area (Å²) in [6.45, 7) is 7.62. The van der Waals surface area contributed by atoms with Crippen LogP contribution in [0.15, 0.2) is 12.5 Å². The third-order valence-electron chi connectivity index (χ3n) is 3.20. The number of carbonyl (C=O) groups is 2. The van der Waals surface area contributed by atoms with E-state index in [0.29, 0.717) is 24.1 Å². The minimum absolute atomic E-state index is 0.112. The van der Waals surface area contributed by atoms with Crippen LogP contribution in [-0.4, -0.2) is 44.7 Å². The Kier molecular flexibility index (Phi) is 8.31. The summed E-state index contributed by atoms with van der Waals surface area (Å²) in [5, 5.41) is 0. The second-order valence-corrected chi connectivity index (χ2v) is 5.13.